The van der Waals surface area contributed by atoms with Crippen molar-refractivity contribution in [2.24, 2.45) is 4.99 Å². The minimum Gasteiger partial charge on any atom is -0.233 e. The molecule has 0 fully saturated rings. The number of hydrogen-bond acceptors (Lipinski definition) is 1. The van der Waals surface area contributed by atoms with Crippen molar-refractivity contribution in [2.75, 3.05) is 5.33 Å². The first-order valence-corrected chi connectivity index (χ1v) is 3.83. The molecule has 0 bridgehead atoms. The Hall–Kier alpha value is -0.180. The van der Waals surface area contributed by atoms with Gasteiger partial charge >= 0.3 is 0 Å². The average Bonchev–Trinajstić information content (AvgIpc) is 1.89. The standard InChI is InChI=1S/C6H9BrFN/c1-2-6(8)9-5-3-4-7/h2,5H,3-4H2,1H3/b6-2-,9-5-. The van der Waals surface area contributed by atoms with Gasteiger partial charge in [-0.25, -0.2) is 4.99 Å². The van der Waals surface area contributed by atoms with E-state index in [1.165, 1.54) is 6.08 Å². The van der Waals surface area contributed by atoms with Gasteiger partial charge in [-0.3, -0.25) is 0 Å². The Kier molecular flexibility index (Phi) is 5.83. The van der Waals surface area contributed by atoms with Gasteiger partial charge in [-0.1, -0.05) is 15.9 Å². The van der Waals surface area contributed by atoms with Crippen molar-refractivity contribution in [1.29, 1.82) is 0 Å². The molecule has 0 rings (SSSR count). The highest BCUT2D eigenvalue weighted by molar-refractivity contribution is 9.09. The van der Waals surface area contributed by atoms with E-state index >= 15 is 0 Å². The van der Waals surface area contributed by atoms with E-state index in [4.69, 9.17) is 0 Å². The number of alkyl halides is 1. The van der Waals surface area contributed by atoms with Crippen molar-refractivity contribution < 1.29 is 4.39 Å². The second-order valence-electron chi connectivity index (χ2n) is 1.40. The fourth-order valence-corrected chi connectivity index (χ4v) is 0.480. The summed E-state index contributed by atoms with van der Waals surface area (Å²) in [4.78, 5) is 3.47. The summed E-state index contributed by atoms with van der Waals surface area (Å²) in [6.07, 6.45) is 3.63. The van der Waals surface area contributed by atoms with E-state index in [1.807, 2.05) is 0 Å². The summed E-state index contributed by atoms with van der Waals surface area (Å²) in [5.41, 5.74) is 0. The molecule has 0 aromatic carbocycles. The minimum absolute atomic E-state index is 0.420. The first-order chi connectivity index (χ1) is 4.31. The number of nitrogens with zero attached hydrogens (tertiary/aromatic N) is 1. The van der Waals surface area contributed by atoms with E-state index in [9.17, 15) is 4.39 Å². The lowest BCUT2D eigenvalue weighted by molar-refractivity contribution is 0.626. The predicted octanol–water partition coefficient (Wildman–Crippen LogP) is 2.67. The van der Waals surface area contributed by atoms with Crippen LogP contribution in [0, 0.1) is 0 Å². The highest BCUT2D eigenvalue weighted by Gasteiger charge is 1.81. The van der Waals surface area contributed by atoms with E-state index in [0.717, 1.165) is 11.8 Å². The van der Waals surface area contributed by atoms with Crippen LogP contribution < -0.4 is 0 Å². The Bertz CT molecular complexity index is 120. The molecular formula is C6H9BrFN. The molecule has 0 N–H and O–H groups in total. The van der Waals surface area contributed by atoms with E-state index < -0.39 is 5.95 Å². The summed E-state index contributed by atoms with van der Waals surface area (Å²) >= 11 is 3.19. The third kappa shape index (κ3) is 5.69. The highest BCUT2D eigenvalue weighted by atomic mass is 79.9. The van der Waals surface area contributed by atoms with Crippen molar-refractivity contribution in [3.63, 3.8) is 0 Å². The van der Waals surface area contributed by atoms with E-state index in [1.54, 1.807) is 13.1 Å². The fraction of sp³-hybridized carbons (Fsp3) is 0.500. The van der Waals surface area contributed by atoms with Crippen LogP contribution in [0.1, 0.15) is 13.3 Å². The second-order valence-corrected chi connectivity index (χ2v) is 2.19. The van der Waals surface area contributed by atoms with E-state index in [2.05, 4.69) is 20.9 Å². The molecule has 0 radical (unpaired) electrons. The van der Waals surface area contributed by atoms with Crippen molar-refractivity contribution in [2.45, 2.75) is 13.3 Å². The lowest BCUT2D eigenvalue weighted by Gasteiger charge is -1.82. The first-order valence-electron chi connectivity index (χ1n) is 2.71. The number of rotatable bonds is 3. The molecule has 0 saturated heterocycles. The quantitative estimate of drug-likeness (QED) is 0.372. The Morgan fingerprint density at radius 1 is 1.78 bits per heavy atom. The number of halogens is 2. The zero-order valence-electron chi connectivity index (χ0n) is 5.27. The van der Waals surface area contributed by atoms with Crippen LogP contribution in [0.15, 0.2) is 17.0 Å². The molecule has 0 aliphatic carbocycles. The summed E-state index contributed by atoms with van der Waals surface area (Å²) in [5.74, 6) is -0.420. The maximum atomic E-state index is 12.1. The molecule has 1 nitrogen and oxygen atoms in total. The lowest BCUT2D eigenvalue weighted by Crippen LogP contribution is -1.75. The molecule has 9 heavy (non-hydrogen) atoms. The van der Waals surface area contributed by atoms with Crippen LogP contribution in [0.5, 0.6) is 0 Å². The van der Waals surface area contributed by atoms with Gasteiger partial charge in [0, 0.05) is 11.5 Å². The van der Waals surface area contributed by atoms with Gasteiger partial charge in [0.05, 0.1) is 0 Å². The zero-order valence-corrected chi connectivity index (χ0v) is 6.86. The van der Waals surface area contributed by atoms with Gasteiger partial charge in [-0.15, -0.1) is 0 Å². The smallest absolute Gasteiger partial charge is 0.208 e. The molecule has 0 spiro atoms. The van der Waals surface area contributed by atoms with Gasteiger partial charge in [0.25, 0.3) is 0 Å². The van der Waals surface area contributed by atoms with Crippen LogP contribution >= 0.6 is 15.9 Å². The lowest BCUT2D eigenvalue weighted by atomic mass is 10.5. The predicted molar refractivity (Wildman–Crippen MR) is 41.8 cm³/mol. The van der Waals surface area contributed by atoms with Crippen molar-refractivity contribution in [3.8, 4) is 0 Å². The average molecular weight is 194 g/mol. The van der Waals surface area contributed by atoms with Crippen LogP contribution in [0.4, 0.5) is 4.39 Å². The van der Waals surface area contributed by atoms with Gasteiger partial charge in [-0.05, 0) is 19.4 Å². The molecule has 0 aliphatic heterocycles. The molecule has 0 aliphatic rings. The van der Waals surface area contributed by atoms with Gasteiger partial charge in [0.2, 0.25) is 5.95 Å². The summed E-state index contributed by atoms with van der Waals surface area (Å²) in [7, 11) is 0. The Morgan fingerprint density at radius 3 is 2.89 bits per heavy atom. The van der Waals surface area contributed by atoms with Gasteiger partial charge in [0.1, 0.15) is 0 Å². The van der Waals surface area contributed by atoms with Crippen LogP contribution in [0.2, 0.25) is 0 Å². The monoisotopic (exact) mass is 193 g/mol. The molecule has 0 amide bonds. The van der Waals surface area contributed by atoms with Crippen LogP contribution in [-0.2, 0) is 0 Å². The third-order valence-electron chi connectivity index (χ3n) is 0.691. The highest BCUT2D eigenvalue weighted by Crippen LogP contribution is 1.95. The topological polar surface area (TPSA) is 12.4 Å². The molecule has 0 saturated carbocycles. The Morgan fingerprint density at radius 2 is 2.44 bits per heavy atom. The maximum Gasteiger partial charge on any atom is 0.208 e. The Labute approximate surface area is 62.8 Å². The summed E-state index contributed by atoms with van der Waals surface area (Å²) in [5, 5.41) is 0.827. The second kappa shape index (κ2) is 5.95. The number of hydrogen-bond donors (Lipinski definition) is 0. The molecule has 3 heteroatoms. The van der Waals surface area contributed by atoms with E-state index in [-0.39, 0.29) is 0 Å². The molecule has 0 atom stereocenters. The number of aliphatic imine (C=N–C) groups is 1. The maximum absolute atomic E-state index is 12.1. The molecule has 0 unspecified atom stereocenters. The SMILES string of the molecule is C/C=C(F)\N=C/CCBr. The van der Waals surface area contributed by atoms with Crippen LogP contribution in [0.3, 0.4) is 0 Å². The van der Waals surface area contributed by atoms with E-state index in [0.29, 0.717) is 0 Å². The molecular weight excluding hydrogens is 185 g/mol. The molecule has 0 aromatic rings. The number of allylic oxidation sites excluding steroid dienone is 1. The summed E-state index contributed by atoms with van der Waals surface area (Å²) < 4.78 is 12.1. The fourth-order valence-electron chi connectivity index (χ4n) is 0.275. The largest absolute Gasteiger partial charge is 0.233 e. The summed E-state index contributed by atoms with van der Waals surface area (Å²) in [6.45, 7) is 1.61. The van der Waals surface area contributed by atoms with Crippen LogP contribution in [-0.4, -0.2) is 11.5 Å². The summed E-state index contributed by atoms with van der Waals surface area (Å²) in [6, 6.07) is 0. The zero-order chi connectivity index (χ0) is 7.11. The van der Waals surface area contributed by atoms with Gasteiger partial charge in [0.15, 0.2) is 0 Å². The van der Waals surface area contributed by atoms with Gasteiger partial charge < -0.3 is 0 Å². The first kappa shape index (κ1) is 8.82. The molecule has 0 heterocycles. The Balaban J connectivity index is 3.45. The van der Waals surface area contributed by atoms with Gasteiger partial charge in [-0.2, -0.15) is 4.39 Å². The third-order valence-corrected chi connectivity index (χ3v) is 1.15. The van der Waals surface area contributed by atoms with Crippen molar-refractivity contribution >= 4 is 22.1 Å². The normalized spacial score (nSPS) is 13.0. The molecule has 52 valence electrons. The minimum atomic E-state index is -0.420. The molecule has 0 aromatic heterocycles. The van der Waals surface area contributed by atoms with Crippen molar-refractivity contribution in [3.05, 3.63) is 12.0 Å². The van der Waals surface area contributed by atoms with Crippen molar-refractivity contribution in [1.82, 2.24) is 0 Å². The van der Waals surface area contributed by atoms with Crippen LogP contribution in [0.25, 0.3) is 0 Å².